The Hall–Kier alpha value is -2.56. The number of ether oxygens (including phenoxy) is 4. The molecule has 1 aliphatic heterocycles. The fourth-order valence-electron chi connectivity index (χ4n) is 2.14. The van der Waals surface area contributed by atoms with E-state index in [4.69, 9.17) is 18.9 Å². The van der Waals surface area contributed by atoms with Crippen LogP contribution in [0.25, 0.3) is 0 Å². The molecule has 11 nitrogen and oxygen atoms in total. The van der Waals surface area contributed by atoms with Gasteiger partial charge in [-0.25, -0.2) is 0 Å². The number of hydrogen-bond acceptors (Lipinski definition) is 10. The van der Waals surface area contributed by atoms with Crippen molar-refractivity contribution in [1.29, 1.82) is 0 Å². The SMILES string of the molecule is CC(=O)OC1OC(c2nnn(C)n2)C(OC(C)=O)C1OC(C)=O. The number of esters is 3. The highest BCUT2D eigenvalue weighted by molar-refractivity contribution is 5.68. The van der Waals surface area contributed by atoms with Gasteiger partial charge in [0.2, 0.25) is 18.2 Å². The number of rotatable bonds is 4. The lowest BCUT2D eigenvalue weighted by Gasteiger charge is -2.22. The molecule has 2 heterocycles. The van der Waals surface area contributed by atoms with Gasteiger partial charge in [-0.05, 0) is 5.21 Å². The Morgan fingerprint density at radius 1 is 1.00 bits per heavy atom. The molecule has 0 radical (unpaired) electrons. The largest absolute Gasteiger partial charge is 0.455 e. The molecule has 0 amide bonds. The molecule has 4 atom stereocenters. The lowest BCUT2D eigenvalue weighted by atomic mass is 10.1. The second-order valence-corrected chi connectivity index (χ2v) is 4.82. The van der Waals surface area contributed by atoms with Crippen LogP contribution in [-0.2, 0) is 40.4 Å². The van der Waals surface area contributed by atoms with Crippen LogP contribution in [0.1, 0.15) is 32.7 Å². The molecule has 1 fully saturated rings. The highest BCUT2D eigenvalue weighted by Gasteiger charge is 2.53. The third kappa shape index (κ3) is 4.00. The Balaban J connectivity index is 2.33. The van der Waals surface area contributed by atoms with Crippen molar-refractivity contribution in [2.75, 3.05) is 0 Å². The summed E-state index contributed by atoms with van der Waals surface area (Å²) in [7, 11) is 1.54. The lowest BCUT2D eigenvalue weighted by Crippen LogP contribution is -2.39. The monoisotopic (exact) mass is 328 g/mol. The quantitative estimate of drug-likeness (QED) is 0.502. The van der Waals surface area contributed by atoms with Crippen LogP contribution >= 0.6 is 0 Å². The summed E-state index contributed by atoms with van der Waals surface area (Å²) in [5.41, 5.74) is 0. The number of hydrogen-bond donors (Lipinski definition) is 0. The van der Waals surface area contributed by atoms with Gasteiger partial charge in [-0.3, -0.25) is 14.4 Å². The number of tetrazole rings is 1. The van der Waals surface area contributed by atoms with Crippen LogP contribution in [0.3, 0.4) is 0 Å². The third-order valence-corrected chi connectivity index (χ3v) is 2.84. The molecule has 0 aromatic carbocycles. The second kappa shape index (κ2) is 6.69. The molecular formula is C12H16N4O7. The Bertz CT molecular complexity index is 616. The summed E-state index contributed by atoms with van der Waals surface area (Å²) >= 11 is 0. The van der Waals surface area contributed by atoms with Crippen LogP contribution in [0.4, 0.5) is 0 Å². The van der Waals surface area contributed by atoms with E-state index in [1.807, 2.05) is 0 Å². The predicted octanol–water partition coefficient (Wildman–Crippen LogP) is -0.966. The molecule has 23 heavy (non-hydrogen) atoms. The summed E-state index contributed by atoms with van der Waals surface area (Å²) in [6.45, 7) is 3.53. The van der Waals surface area contributed by atoms with Gasteiger partial charge in [-0.15, -0.1) is 10.2 Å². The zero-order valence-corrected chi connectivity index (χ0v) is 13.0. The van der Waals surface area contributed by atoms with Gasteiger partial charge >= 0.3 is 17.9 Å². The molecular weight excluding hydrogens is 312 g/mol. The van der Waals surface area contributed by atoms with Crippen molar-refractivity contribution >= 4 is 17.9 Å². The van der Waals surface area contributed by atoms with Crippen LogP contribution < -0.4 is 0 Å². The minimum absolute atomic E-state index is 0.102. The van der Waals surface area contributed by atoms with Crippen LogP contribution in [0, 0.1) is 0 Å². The molecule has 126 valence electrons. The topological polar surface area (TPSA) is 132 Å². The van der Waals surface area contributed by atoms with E-state index in [2.05, 4.69) is 15.4 Å². The van der Waals surface area contributed by atoms with Gasteiger partial charge in [0.05, 0.1) is 7.05 Å². The maximum Gasteiger partial charge on any atom is 0.305 e. The van der Waals surface area contributed by atoms with Crippen molar-refractivity contribution in [1.82, 2.24) is 20.2 Å². The van der Waals surface area contributed by atoms with Crippen molar-refractivity contribution in [2.45, 2.75) is 45.4 Å². The molecule has 0 N–H and O–H groups in total. The zero-order chi connectivity index (χ0) is 17.1. The van der Waals surface area contributed by atoms with E-state index in [0.29, 0.717) is 0 Å². The number of carbonyl (C=O) groups excluding carboxylic acids is 3. The van der Waals surface area contributed by atoms with E-state index in [0.717, 1.165) is 0 Å². The van der Waals surface area contributed by atoms with E-state index in [9.17, 15) is 14.4 Å². The first-order chi connectivity index (χ1) is 10.8. The van der Waals surface area contributed by atoms with Gasteiger partial charge in [0, 0.05) is 20.8 Å². The van der Waals surface area contributed by atoms with Gasteiger partial charge in [-0.1, -0.05) is 0 Å². The number of aromatic nitrogens is 4. The molecule has 1 aliphatic rings. The highest BCUT2D eigenvalue weighted by Crippen LogP contribution is 2.36. The van der Waals surface area contributed by atoms with E-state index in [1.165, 1.54) is 25.6 Å². The summed E-state index contributed by atoms with van der Waals surface area (Å²) in [5, 5.41) is 11.4. The van der Waals surface area contributed by atoms with Crippen LogP contribution in [0.15, 0.2) is 0 Å². The summed E-state index contributed by atoms with van der Waals surface area (Å²) < 4.78 is 20.8. The van der Waals surface area contributed by atoms with Gasteiger partial charge in [0.15, 0.2) is 12.2 Å². The normalized spacial score (nSPS) is 26.6. The predicted molar refractivity (Wildman–Crippen MR) is 69.3 cm³/mol. The van der Waals surface area contributed by atoms with Crippen molar-refractivity contribution in [3.8, 4) is 0 Å². The number of aryl methyl sites for hydroxylation is 1. The minimum Gasteiger partial charge on any atom is -0.455 e. The molecule has 0 saturated carbocycles. The van der Waals surface area contributed by atoms with Crippen LogP contribution in [-0.4, -0.2) is 56.6 Å². The average Bonchev–Trinajstić information content (AvgIpc) is 2.95. The van der Waals surface area contributed by atoms with Gasteiger partial charge in [0.1, 0.15) is 0 Å². The fourth-order valence-corrected chi connectivity index (χ4v) is 2.14. The Morgan fingerprint density at radius 2 is 1.57 bits per heavy atom. The van der Waals surface area contributed by atoms with Gasteiger partial charge in [-0.2, -0.15) is 4.80 Å². The standard InChI is InChI=1S/C12H16N4O7/c1-5(17)20-8-9(11-13-15-16(4)14-11)23-12(22-7(3)19)10(8)21-6(2)18/h8-10,12H,1-4H3. The highest BCUT2D eigenvalue weighted by atomic mass is 16.7. The second-order valence-electron chi connectivity index (χ2n) is 4.82. The molecule has 0 aliphatic carbocycles. The fraction of sp³-hybridized carbons (Fsp3) is 0.667. The van der Waals surface area contributed by atoms with Crippen molar-refractivity contribution < 1.29 is 33.3 Å². The average molecular weight is 328 g/mol. The van der Waals surface area contributed by atoms with Gasteiger partial charge < -0.3 is 18.9 Å². The molecule has 2 rings (SSSR count). The van der Waals surface area contributed by atoms with E-state index < -0.39 is 42.5 Å². The molecule has 0 spiro atoms. The maximum absolute atomic E-state index is 11.4. The Morgan fingerprint density at radius 3 is 2.04 bits per heavy atom. The zero-order valence-electron chi connectivity index (χ0n) is 13.0. The summed E-state index contributed by atoms with van der Waals surface area (Å²) in [6, 6.07) is 0. The molecule has 4 unspecified atom stereocenters. The number of carbonyl (C=O) groups is 3. The Kier molecular flexibility index (Phi) is 4.89. The molecule has 1 saturated heterocycles. The molecule has 0 bridgehead atoms. The summed E-state index contributed by atoms with van der Waals surface area (Å²) in [5.74, 6) is -1.83. The van der Waals surface area contributed by atoms with E-state index in [-0.39, 0.29) is 5.82 Å². The minimum atomic E-state index is -1.26. The van der Waals surface area contributed by atoms with E-state index >= 15 is 0 Å². The Labute approximate surface area is 130 Å². The maximum atomic E-state index is 11.4. The van der Waals surface area contributed by atoms with Crippen molar-refractivity contribution in [3.63, 3.8) is 0 Å². The first kappa shape index (κ1) is 16.8. The molecule has 1 aromatic rings. The molecule has 1 aromatic heterocycles. The molecule has 11 heteroatoms. The van der Waals surface area contributed by atoms with Crippen LogP contribution in [0.2, 0.25) is 0 Å². The lowest BCUT2D eigenvalue weighted by molar-refractivity contribution is -0.195. The first-order valence-electron chi connectivity index (χ1n) is 6.69. The first-order valence-corrected chi connectivity index (χ1v) is 6.69. The summed E-state index contributed by atoms with van der Waals surface area (Å²) in [6.07, 6.45) is -4.48. The van der Waals surface area contributed by atoms with Crippen molar-refractivity contribution in [2.24, 2.45) is 7.05 Å². The summed E-state index contributed by atoms with van der Waals surface area (Å²) in [4.78, 5) is 35.1. The van der Waals surface area contributed by atoms with Crippen LogP contribution in [0.5, 0.6) is 0 Å². The number of nitrogens with zero attached hydrogens (tertiary/aromatic N) is 4. The third-order valence-electron chi connectivity index (χ3n) is 2.84. The van der Waals surface area contributed by atoms with Crippen molar-refractivity contribution in [3.05, 3.63) is 5.82 Å². The van der Waals surface area contributed by atoms with Gasteiger partial charge in [0.25, 0.3) is 0 Å². The smallest absolute Gasteiger partial charge is 0.305 e. The van der Waals surface area contributed by atoms with E-state index in [1.54, 1.807) is 7.05 Å².